The molecule has 0 radical (unpaired) electrons. The molecular weight excluding hydrogens is 324 g/mol. The Kier molecular flexibility index (Phi) is 2.58. The van der Waals surface area contributed by atoms with Gasteiger partial charge < -0.3 is 25.2 Å². The Bertz CT molecular complexity index is 844. The summed E-state index contributed by atoms with van der Waals surface area (Å²) >= 11 is 0. The minimum atomic E-state index is -1.26. The van der Waals surface area contributed by atoms with Crippen molar-refractivity contribution in [2.24, 2.45) is 5.92 Å². The van der Waals surface area contributed by atoms with Crippen LogP contribution in [0.3, 0.4) is 0 Å². The van der Waals surface area contributed by atoms with Crippen molar-refractivity contribution in [3.05, 3.63) is 41.5 Å². The van der Waals surface area contributed by atoms with Crippen molar-refractivity contribution >= 4 is 5.78 Å². The van der Waals surface area contributed by atoms with Crippen molar-refractivity contribution in [3.8, 4) is 5.75 Å². The van der Waals surface area contributed by atoms with Crippen LogP contribution < -0.4 is 0 Å². The maximum atomic E-state index is 13.1. The molecule has 1 aromatic carbocycles. The minimum absolute atomic E-state index is 0.111. The van der Waals surface area contributed by atoms with Gasteiger partial charge in [0.25, 0.3) is 0 Å². The molecule has 1 aliphatic heterocycles. The molecule has 5 rings (SSSR count). The topological polar surface area (TPSA) is 111 Å². The second-order valence-electron chi connectivity index (χ2n) is 8.17. The molecule has 0 aromatic heterocycles. The molecule has 1 saturated heterocycles. The van der Waals surface area contributed by atoms with Gasteiger partial charge in [-0.15, -0.1) is 0 Å². The largest absolute Gasteiger partial charge is 0.507 e. The molecule has 2 fully saturated rings. The number of aliphatic hydroxyl groups excluding tert-OH is 1. The first-order valence-corrected chi connectivity index (χ1v) is 8.56. The lowest BCUT2D eigenvalue weighted by Gasteiger charge is -2.50. The number of hydrogen-bond donors (Lipinski definition) is 4. The predicted molar refractivity (Wildman–Crippen MR) is 86.0 cm³/mol. The van der Waals surface area contributed by atoms with Crippen molar-refractivity contribution < 1.29 is 30.0 Å². The maximum Gasteiger partial charge on any atom is 0.201 e. The molecule has 1 saturated carbocycles. The number of benzene rings is 1. The van der Waals surface area contributed by atoms with E-state index in [0.717, 1.165) is 0 Å². The van der Waals surface area contributed by atoms with Gasteiger partial charge in [0.2, 0.25) is 5.78 Å². The molecule has 4 N–H and O–H groups in total. The summed E-state index contributed by atoms with van der Waals surface area (Å²) in [5.41, 5.74) is -4.42. The summed E-state index contributed by atoms with van der Waals surface area (Å²) in [6, 6.07) is 4.61. The van der Waals surface area contributed by atoms with Gasteiger partial charge in [-0.1, -0.05) is 24.3 Å². The van der Waals surface area contributed by atoms with Gasteiger partial charge in [-0.3, -0.25) is 4.79 Å². The lowest BCUT2D eigenvalue weighted by Crippen LogP contribution is -2.61. The highest BCUT2D eigenvalue weighted by Gasteiger charge is 2.86. The second-order valence-corrected chi connectivity index (χ2v) is 8.17. The average Bonchev–Trinajstić information content (AvgIpc) is 3.23. The van der Waals surface area contributed by atoms with Crippen LogP contribution in [-0.4, -0.2) is 48.6 Å². The fraction of sp³-hybridized carbons (Fsp3) is 0.526. The van der Waals surface area contributed by atoms with Gasteiger partial charge in [-0.25, -0.2) is 0 Å². The van der Waals surface area contributed by atoms with Crippen LogP contribution in [0.1, 0.15) is 48.2 Å². The number of phenolic OH excluding ortho intramolecular Hbond substituents is 1. The van der Waals surface area contributed by atoms with Gasteiger partial charge in [0.15, 0.2) is 5.60 Å². The molecule has 3 aliphatic carbocycles. The number of epoxide rings is 1. The zero-order chi connectivity index (χ0) is 17.8. The number of ether oxygens (including phenoxy) is 1. The standard InChI is InChI=1S/C19H20O6/c1-16(23)6-5-12-17(24,9-16)7-8-18-15(22)13-10(3-2-4-11(13)20)14(21)19(12,18)25-18/h2-6,12,14,20-21,23-24H,7-9H2,1H3/t12-,14-,16+,17-,18+,19-/m0/s1. The molecule has 1 heterocycles. The summed E-state index contributed by atoms with van der Waals surface area (Å²) < 4.78 is 5.98. The van der Waals surface area contributed by atoms with Gasteiger partial charge in [0, 0.05) is 12.3 Å². The van der Waals surface area contributed by atoms with Crippen molar-refractivity contribution in [1.29, 1.82) is 0 Å². The average molecular weight is 344 g/mol. The summed E-state index contributed by atoms with van der Waals surface area (Å²) in [5.74, 6) is -1.11. The van der Waals surface area contributed by atoms with Gasteiger partial charge >= 0.3 is 0 Å². The van der Waals surface area contributed by atoms with Crippen LogP contribution in [0.2, 0.25) is 0 Å². The molecule has 132 valence electrons. The number of rotatable bonds is 0. The van der Waals surface area contributed by atoms with E-state index in [1.165, 1.54) is 6.07 Å². The first-order chi connectivity index (χ1) is 11.7. The lowest BCUT2D eigenvalue weighted by molar-refractivity contribution is -0.120. The Morgan fingerprint density at radius 3 is 2.76 bits per heavy atom. The monoisotopic (exact) mass is 344 g/mol. The number of carbonyl (C=O) groups excluding carboxylic acids is 1. The molecule has 6 atom stereocenters. The zero-order valence-electron chi connectivity index (χ0n) is 13.8. The van der Waals surface area contributed by atoms with Crippen LogP contribution in [0.15, 0.2) is 30.4 Å². The predicted octanol–water partition coefficient (Wildman–Crippen LogP) is 0.982. The van der Waals surface area contributed by atoms with E-state index in [4.69, 9.17) is 4.74 Å². The van der Waals surface area contributed by atoms with E-state index in [0.29, 0.717) is 5.56 Å². The fourth-order valence-electron chi connectivity index (χ4n) is 5.52. The molecule has 4 aliphatic rings. The Hall–Kier alpha value is -1.73. The molecule has 6 heteroatoms. The van der Waals surface area contributed by atoms with Crippen molar-refractivity contribution in [3.63, 3.8) is 0 Å². The Labute approximate surface area is 144 Å². The van der Waals surface area contributed by atoms with Crippen LogP contribution >= 0.6 is 0 Å². The number of Topliss-reactive ketones (excluding diaryl/α,β-unsaturated/α-hetero) is 1. The first kappa shape index (κ1) is 15.5. The molecule has 1 aromatic rings. The van der Waals surface area contributed by atoms with E-state index in [9.17, 15) is 25.2 Å². The van der Waals surface area contributed by atoms with Crippen LogP contribution in [0.25, 0.3) is 0 Å². The third-order valence-electron chi connectivity index (χ3n) is 6.56. The number of ketones is 1. The number of hydrogen-bond acceptors (Lipinski definition) is 6. The summed E-state index contributed by atoms with van der Waals surface area (Å²) in [5, 5.41) is 42.7. The fourth-order valence-corrected chi connectivity index (χ4v) is 5.52. The van der Waals surface area contributed by atoms with Crippen LogP contribution in [-0.2, 0) is 4.74 Å². The first-order valence-electron chi connectivity index (χ1n) is 8.56. The SMILES string of the molecule is C[C@@]1(O)C=C[C@H]2[C@](O)(CC[C@]34O[C@]23[C@@H](O)c2cccc(O)c2C4=O)C1. The third-order valence-corrected chi connectivity index (χ3v) is 6.56. The van der Waals surface area contributed by atoms with E-state index >= 15 is 0 Å². The highest BCUT2D eigenvalue weighted by molar-refractivity contribution is 6.10. The lowest BCUT2D eigenvalue weighted by atomic mass is 9.54. The van der Waals surface area contributed by atoms with Crippen LogP contribution in [0.5, 0.6) is 5.75 Å². The normalized spacial score (nSPS) is 49.7. The molecule has 25 heavy (non-hydrogen) atoms. The third kappa shape index (κ3) is 1.57. The second kappa shape index (κ2) is 4.15. The van der Waals surface area contributed by atoms with E-state index in [1.807, 2.05) is 0 Å². The van der Waals surface area contributed by atoms with Gasteiger partial charge in [-0.2, -0.15) is 0 Å². The number of fused-ring (bicyclic) bond motifs is 2. The smallest absolute Gasteiger partial charge is 0.201 e. The Morgan fingerprint density at radius 1 is 1.24 bits per heavy atom. The quantitative estimate of drug-likeness (QED) is 0.412. The highest BCUT2D eigenvalue weighted by Crippen LogP contribution is 2.72. The Morgan fingerprint density at radius 2 is 2.00 bits per heavy atom. The molecule has 6 nitrogen and oxygen atoms in total. The van der Waals surface area contributed by atoms with E-state index in [1.54, 1.807) is 31.2 Å². The highest BCUT2D eigenvalue weighted by atomic mass is 16.7. The number of phenols is 1. The van der Waals surface area contributed by atoms with E-state index in [2.05, 4.69) is 0 Å². The van der Waals surface area contributed by atoms with Crippen LogP contribution in [0.4, 0.5) is 0 Å². The minimum Gasteiger partial charge on any atom is -0.507 e. The Balaban J connectivity index is 1.72. The number of aromatic hydroxyl groups is 1. The van der Waals surface area contributed by atoms with Crippen molar-refractivity contribution in [2.75, 3.05) is 0 Å². The van der Waals surface area contributed by atoms with Crippen molar-refractivity contribution in [1.82, 2.24) is 0 Å². The molecule has 0 spiro atoms. The summed E-state index contributed by atoms with van der Waals surface area (Å²) in [7, 11) is 0. The van der Waals surface area contributed by atoms with Gasteiger partial charge in [-0.05, 0) is 31.4 Å². The maximum absolute atomic E-state index is 13.1. The molecule has 0 unspecified atom stereocenters. The number of carbonyl (C=O) groups is 1. The van der Waals surface area contributed by atoms with Gasteiger partial charge in [0.1, 0.15) is 17.5 Å². The molecule has 0 amide bonds. The molecular formula is C19H20O6. The van der Waals surface area contributed by atoms with E-state index in [-0.39, 0.29) is 36.4 Å². The van der Waals surface area contributed by atoms with Gasteiger partial charge in [0.05, 0.1) is 16.8 Å². The summed E-state index contributed by atoms with van der Waals surface area (Å²) in [6.07, 6.45) is 2.78. The molecule has 0 bridgehead atoms. The van der Waals surface area contributed by atoms with Crippen molar-refractivity contribution in [2.45, 2.75) is 54.7 Å². The summed E-state index contributed by atoms with van der Waals surface area (Å²) in [4.78, 5) is 13.1. The van der Waals surface area contributed by atoms with E-state index < -0.39 is 34.4 Å². The van der Waals surface area contributed by atoms with Crippen LogP contribution in [0, 0.1) is 5.92 Å². The zero-order valence-corrected chi connectivity index (χ0v) is 13.8. The summed E-state index contributed by atoms with van der Waals surface area (Å²) in [6.45, 7) is 1.63. The number of aliphatic hydroxyl groups is 3.